The molecule has 1 atom stereocenters. The number of likely N-dealkylation sites (N-methyl/N-ethyl adjacent to an activating group) is 1. The van der Waals surface area contributed by atoms with E-state index in [1.807, 2.05) is 36.2 Å². The van der Waals surface area contributed by atoms with Gasteiger partial charge in [0.15, 0.2) is 0 Å². The predicted octanol–water partition coefficient (Wildman–Crippen LogP) is 3.19. The fourth-order valence-corrected chi connectivity index (χ4v) is 2.93. The van der Waals surface area contributed by atoms with Gasteiger partial charge in [0.25, 0.3) is 0 Å². The van der Waals surface area contributed by atoms with E-state index in [4.69, 9.17) is 5.73 Å². The summed E-state index contributed by atoms with van der Waals surface area (Å²) in [7, 11) is 1.94. The number of nitrogens with two attached hydrogens (primary N) is 1. The fourth-order valence-electron chi connectivity index (χ4n) is 2.93. The molecule has 1 aliphatic carbocycles. The summed E-state index contributed by atoms with van der Waals surface area (Å²) in [4.78, 5) is 14.8. The number of nitrogen functional groups attached to an aromatic ring is 1. The summed E-state index contributed by atoms with van der Waals surface area (Å²) in [6.45, 7) is 6.53. The molecule has 1 aliphatic rings. The van der Waals surface area contributed by atoms with Crippen molar-refractivity contribution < 1.29 is 4.79 Å². The normalized spacial score (nSPS) is 17.9. The zero-order chi connectivity index (χ0) is 14.9. The molecule has 0 spiro atoms. The van der Waals surface area contributed by atoms with Crippen molar-refractivity contribution in [1.82, 2.24) is 4.90 Å². The molecular formula is C17H26N2O. The first-order valence-electron chi connectivity index (χ1n) is 7.50. The minimum Gasteiger partial charge on any atom is -0.399 e. The van der Waals surface area contributed by atoms with Gasteiger partial charge < -0.3 is 10.6 Å². The molecule has 1 unspecified atom stereocenters. The molecule has 1 aromatic carbocycles. The molecule has 0 heterocycles. The molecule has 0 radical (unpaired) electrons. The standard InChI is InChI=1S/C17H26N2O/c1-12(2)11-13(3)19(4)16(20)17(9-10-17)14-5-7-15(18)8-6-14/h5-8,12-13H,9-11,18H2,1-4H3. The first kappa shape index (κ1) is 14.9. The van der Waals surface area contributed by atoms with E-state index in [0.29, 0.717) is 5.92 Å². The maximum Gasteiger partial charge on any atom is 0.233 e. The van der Waals surface area contributed by atoms with E-state index in [9.17, 15) is 4.79 Å². The molecule has 1 aromatic rings. The zero-order valence-corrected chi connectivity index (χ0v) is 13.0. The minimum absolute atomic E-state index is 0.260. The molecule has 20 heavy (non-hydrogen) atoms. The van der Waals surface area contributed by atoms with Crippen LogP contribution in [0.1, 0.15) is 45.6 Å². The van der Waals surface area contributed by atoms with Crippen LogP contribution in [-0.4, -0.2) is 23.9 Å². The van der Waals surface area contributed by atoms with Gasteiger partial charge in [-0.3, -0.25) is 4.79 Å². The average Bonchev–Trinajstić information content (AvgIpc) is 3.18. The van der Waals surface area contributed by atoms with Crippen LogP contribution in [0, 0.1) is 5.92 Å². The Morgan fingerprint density at radius 2 is 1.80 bits per heavy atom. The molecule has 3 heteroatoms. The van der Waals surface area contributed by atoms with Crippen LogP contribution in [0.25, 0.3) is 0 Å². The summed E-state index contributed by atoms with van der Waals surface area (Å²) < 4.78 is 0. The van der Waals surface area contributed by atoms with Crippen LogP contribution < -0.4 is 5.73 Å². The van der Waals surface area contributed by atoms with Gasteiger partial charge in [0.1, 0.15) is 0 Å². The van der Waals surface area contributed by atoms with Gasteiger partial charge >= 0.3 is 0 Å². The summed E-state index contributed by atoms with van der Waals surface area (Å²) in [5.41, 5.74) is 7.31. The quantitative estimate of drug-likeness (QED) is 0.838. The number of benzene rings is 1. The number of nitrogens with zero attached hydrogens (tertiary/aromatic N) is 1. The van der Waals surface area contributed by atoms with Crippen LogP contribution in [0.4, 0.5) is 5.69 Å². The van der Waals surface area contributed by atoms with Crippen LogP contribution >= 0.6 is 0 Å². The Morgan fingerprint density at radius 1 is 1.25 bits per heavy atom. The molecule has 1 fully saturated rings. The Bertz CT molecular complexity index is 474. The molecule has 0 bridgehead atoms. The molecule has 2 rings (SSSR count). The van der Waals surface area contributed by atoms with E-state index in [2.05, 4.69) is 20.8 Å². The molecular weight excluding hydrogens is 248 g/mol. The van der Waals surface area contributed by atoms with Crippen molar-refractivity contribution in [1.29, 1.82) is 0 Å². The van der Waals surface area contributed by atoms with Crippen molar-refractivity contribution >= 4 is 11.6 Å². The molecule has 0 aliphatic heterocycles. The lowest BCUT2D eigenvalue weighted by atomic mass is 9.93. The topological polar surface area (TPSA) is 46.3 Å². The van der Waals surface area contributed by atoms with Gasteiger partial charge in [0, 0.05) is 18.8 Å². The highest BCUT2D eigenvalue weighted by Crippen LogP contribution is 2.49. The number of carbonyl (C=O) groups excluding carboxylic acids is 1. The molecule has 2 N–H and O–H groups in total. The third-order valence-electron chi connectivity index (χ3n) is 4.42. The van der Waals surface area contributed by atoms with Gasteiger partial charge in [-0.05, 0) is 49.8 Å². The number of anilines is 1. The third kappa shape index (κ3) is 2.82. The monoisotopic (exact) mass is 274 g/mol. The molecule has 1 saturated carbocycles. The van der Waals surface area contributed by atoms with Gasteiger partial charge in [-0.25, -0.2) is 0 Å². The summed E-state index contributed by atoms with van der Waals surface area (Å²) >= 11 is 0. The molecule has 0 saturated heterocycles. The summed E-state index contributed by atoms with van der Waals surface area (Å²) in [6.07, 6.45) is 2.95. The van der Waals surface area contributed by atoms with Crippen molar-refractivity contribution in [2.24, 2.45) is 5.92 Å². The van der Waals surface area contributed by atoms with Gasteiger partial charge in [0.2, 0.25) is 5.91 Å². The van der Waals surface area contributed by atoms with Gasteiger partial charge in [-0.15, -0.1) is 0 Å². The van der Waals surface area contributed by atoms with E-state index >= 15 is 0 Å². The van der Waals surface area contributed by atoms with E-state index in [0.717, 1.165) is 30.5 Å². The Labute approximate surface area is 122 Å². The molecule has 0 aromatic heterocycles. The lowest BCUT2D eigenvalue weighted by molar-refractivity contribution is -0.134. The Kier molecular flexibility index (Phi) is 4.07. The SMILES string of the molecule is CC(C)CC(C)N(C)C(=O)C1(c2ccc(N)cc2)CC1. The van der Waals surface area contributed by atoms with E-state index in [1.54, 1.807) is 0 Å². The largest absolute Gasteiger partial charge is 0.399 e. The second-order valence-electron chi connectivity index (χ2n) is 6.60. The summed E-state index contributed by atoms with van der Waals surface area (Å²) in [5.74, 6) is 0.863. The number of hydrogen-bond acceptors (Lipinski definition) is 2. The highest BCUT2D eigenvalue weighted by atomic mass is 16.2. The fraction of sp³-hybridized carbons (Fsp3) is 0.588. The maximum absolute atomic E-state index is 12.8. The maximum atomic E-state index is 12.8. The smallest absolute Gasteiger partial charge is 0.233 e. The highest BCUT2D eigenvalue weighted by molar-refractivity contribution is 5.91. The second-order valence-corrected chi connectivity index (χ2v) is 6.60. The lowest BCUT2D eigenvalue weighted by Gasteiger charge is -2.30. The number of rotatable bonds is 5. The highest BCUT2D eigenvalue weighted by Gasteiger charge is 2.52. The molecule has 110 valence electrons. The van der Waals surface area contributed by atoms with Gasteiger partial charge in [-0.2, -0.15) is 0 Å². The number of carbonyl (C=O) groups is 1. The summed E-state index contributed by atoms with van der Waals surface area (Å²) in [6, 6.07) is 8.07. The Morgan fingerprint density at radius 3 is 2.25 bits per heavy atom. The van der Waals surface area contributed by atoms with E-state index in [1.165, 1.54) is 0 Å². The third-order valence-corrected chi connectivity index (χ3v) is 4.42. The first-order chi connectivity index (χ1) is 9.36. The summed E-state index contributed by atoms with van der Waals surface area (Å²) in [5, 5.41) is 0. The van der Waals surface area contributed by atoms with Crippen molar-refractivity contribution in [3.63, 3.8) is 0 Å². The number of hydrogen-bond donors (Lipinski definition) is 1. The predicted molar refractivity (Wildman–Crippen MR) is 83.5 cm³/mol. The van der Waals surface area contributed by atoms with Crippen molar-refractivity contribution in [2.75, 3.05) is 12.8 Å². The Balaban J connectivity index is 2.14. The van der Waals surface area contributed by atoms with Gasteiger partial charge in [-0.1, -0.05) is 26.0 Å². The minimum atomic E-state index is -0.284. The Hall–Kier alpha value is -1.51. The van der Waals surface area contributed by atoms with Crippen LogP contribution in [0.5, 0.6) is 0 Å². The van der Waals surface area contributed by atoms with Crippen LogP contribution in [0.2, 0.25) is 0 Å². The molecule has 3 nitrogen and oxygen atoms in total. The van der Waals surface area contributed by atoms with Crippen LogP contribution in [0.3, 0.4) is 0 Å². The van der Waals surface area contributed by atoms with Crippen molar-refractivity contribution in [3.05, 3.63) is 29.8 Å². The second kappa shape index (κ2) is 5.47. The van der Waals surface area contributed by atoms with Crippen molar-refractivity contribution in [2.45, 2.75) is 51.5 Å². The van der Waals surface area contributed by atoms with E-state index < -0.39 is 0 Å². The van der Waals surface area contributed by atoms with Crippen LogP contribution in [0.15, 0.2) is 24.3 Å². The first-order valence-corrected chi connectivity index (χ1v) is 7.50. The van der Waals surface area contributed by atoms with Crippen LogP contribution in [-0.2, 0) is 10.2 Å². The molecule has 1 amide bonds. The van der Waals surface area contributed by atoms with Gasteiger partial charge in [0.05, 0.1) is 5.41 Å². The number of amides is 1. The van der Waals surface area contributed by atoms with Crippen molar-refractivity contribution in [3.8, 4) is 0 Å². The van der Waals surface area contributed by atoms with E-state index in [-0.39, 0.29) is 17.4 Å². The average molecular weight is 274 g/mol. The lowest BCUT2D eigenvalue weighted by Crippen LogP contribution is -2.42. The zero-order valence-electron chi connectivity index (χ0n) is 13.0.